The van der Waals surface area contributed by atoms with E-state index in [9.17, 15) is 13.6 Å². The van der Waals surface area contributed by atoms with E-state index in [4.69, 9.17) is 0 Å². The average molecular weight is 745 g/mol. The first kappa shape index (κ1) is 50.0. The second-order valence-corrected chi connectivity index (χ2v) is 14.7. The number of halogens is 2. The van der Waals surface area contributed by atoms with Gasteiger partial charge in [0.2, 0.25) is 5.91 Å². The van der Waals surface area contributed by atoms with E-state index < -0.39 is 11.6 Å². The molecule has 0 bridgehead atoms. The zero-order valence-corrected chi connectivity index (χ0v) is 35.5. The number of rotatable bonds is 11. The summed E-state index contributed by atoms with van der Waals surface area (Å²) >= 11 is 0. The first-order valence-corrected chi connectivity index (χ1v) is 20.0. The Morgan fingerprint density at radius 2 is 1.24 bits per heavy atom. The number of likely N-dealkylation sites (tertiary alicyclic amines) is 1. The van der Waals surface area contributed by atoms with E-state index in [-0.39, 0.29) is 16.7 Å². The fourth-order valence-corrected chi connectivity index (χ4v) is 6.63. The molecule has 2 aliphatic rings. The topological polar surface area (TPSA) is 32.3 Å². The van der Waals surface area contributed by atoms with E-state index in [1.807, 2.05) is 39.0 Å². The van der Waals surface area contributed by atoms with Gasteiger partial charge in [-0.1, -0.05) is 125 Å². The van der Waals surface area contributed by atoms with Crippen molar-refractivity contribution >= 4 is 5.91 Å². The zero-order valence-electron chi connectivity index (χ0n) is 35.5. The third-order valence-electron chi connectivity index (χ3n) is 10.7. The molecule has 2 fully saturated rings. The molecule has 1 amide bonds. The number of aryl methyl sites for hydroxylation is 3. The molecule has 300 valence electrons. The van der Waals surface area contributed by atoms with Crippen molar-refractivity contribution in [2.45, 2.75) is 120 Å². The monoisotopic (exact) mass is 745 g/mol. The third kappa shape index (κ3) is 17.9. The molecule has 0 unspecified atom stereocenters. The Hall–Kier alpha value is -3.99. The molecule has 1 aliphatic carbocycles. The van der Waals surface area contributed by atoms with Crippen molar-refractivity contribution < 1.29 is 13.6 Å². The van der Waals surface area contributed by atoms with Crippen molar-refractivity contribution in [3.05, 3.63) is 145 Å². The van der Waals surface area contributed by atoms with Crippen LogP contribution < -0.4 is 5.32 Å². The number of amides is 1. The van der Waals surface area contributed by atoms with Crippen LogP contribution in [-0.4, -0.2) is 30.4 Å². The minimum absolute atomic E-state index is 0.0681. The quantitative estimate of drug-likeness (QED) is 0.198. The van der Waals surface area contributed by atoms with E-state index >= 15 is 0 Å². The summed E-state index contributed by atoms with van der Waals surface area (Å²) in [6.07, 6.45) is 7.81. The standard InChI is InChI=1S/C28H42F2N2O.C8H10.C7H8.C2H6.2C2H4/c1-6-31-22(4)27(5)12-14-32(15-13-27)26(33)19-28(10-11-28)21(3)9-7-8-20(2)23-16-24(29)18-25(30)17-23;1-7-3-5-8(2)6-4-7;1-7-5-3-2-4-6-7;3*1-2/h16-18,20-21,31H,4,6-15,19H2,1-3,5H3;3-6H,1-2H3;2-6H,1H3;1-2H3;2*1-2H2/t20-,21+;;;;;/m0...../s1. The zero-order chi connectivity index (χ0) is 41.3. The largest absolute Gasteiger partial charge is 0.389 e. The normalized spacial score (nSPS) is 15.4. The van der Waals surface area contributed by atoms with Crippen LogP contribution in [0.1, 0.15) is 121 Å². The Bertz CT molecular complexity index is 1410. The second kappa shape index (κ2) is 26.7. The molecule has 0 aromatic heterocycles. The summed E-state index contributed by atoms with van der Waals surface area (Å²) in [6, 6.07) is 22.5. The number of benzene rings is 3. The molecule has 5 rings (SSSR count). The second-order valence-electron chi connectivity index (χ2n) is 14.7. The molecule has 3 aromatic rings. The Kier molecular flexibility index (Phi) is 24.8. The molecule has 1 saturated heterocycles. The number of hydrogen-bond acceptors (Lipinski definition) is 2. The van der Waals surface area contributed by atoms with Crippen LogP contribution in [0, 0.1) is 49.2 Å². The van der Waals surface area contributed by atoms with Crippen LogP contribution in [0.3, 0.4) is 0 Å². The van der Waals surface area contributed by atoms with Gasteiger partial charge in [0.25, 0.3) is 0 Å². The number of nitrogens with zero attached hydrogens (tertiary/aromatic N) is 1. The first-order valence-electron chi connectivity index (χ1n) is 20.0. The molecule has 2 atom stereocenters. The molecule has 5 heteroatoms. The van der Waals surface area contributed by atoms with Gasteiger partial charge in [-0.05, 0) is 94.7 Å². The van der Waals surface area contributed by atoms with Gasteiger partial charge in [0.05, 0.1) is 0 Å². The van der Waals surface area contributed by atoms with Crippen LogP contribution in [0.2, 0.25) is 0 Å². The van der Waals surface area contributed by atoms with Crippen LogP contribution >= 0.6 is 0 Å². The van der Waals surface area contributed by atoms with E-state index in [0.29, 0.717) is 18.2 Å². The molecule has 1 saturated carbocycles. The minimum atomic E-state index is -0.510. The smallest absolute Gasteiger partial charge is 0.223 e. The molecule has 1 heterocycles. The molecular formula is C49H74F2N2O. The summed E-state index contributed by atoms with van der Waals surface area (Å²) < 4.78 is 27.0. The van der Waals surface area contributed by atoms with Gasteiger partial charge in [0.1, 0.15) is 11.6 Å². The average Bonchev–Trinajstić information content (AvgIpc) is 3.96. The number of hydrogen-bond donors (Lipinski definition) is 1. The van der Waals surface area contributed by atoms with Gasteiger partial charge in [-0.2, -0.15) is 0 Å². The van der Waals surface area contributed by atoms with Crippen LogP contribution in [0.25, 0.3) is 0 Å². The van der Waals surface area contributed by atoms with E-state index in [2.05, 4.69) is 121 Å². The van der Waals surface area contributed by atoms with E-state index in [1.165, 1.54) is 28.8 Å². The lowest BCUT2D eigenvalue weighted by Gasteiger charge is -2.41. The Labute approximate surface area is 330 Å². The van der Waals surface area contributed by atoms with Crippen LogP contribution in [0.5, 0.6) is 0 Å². The van der Waals surface area contributed by atoms with Crippen molar-refractivity contribution in [2.75, 3.05) is 19.6 Å². The maximum atomic E-state index is 13.5. The predicted octanol–water partition coefficient (Wildman–Crippen LogP) is 13.7. The summed E-state index contributed by atoms with van der Waals surface area (Å²) in [6.45, 7) is 37.7. The lowest BCUT2D eigenvalue weighted by molar-refractivity contribution is -0.135. The van der Waals surface area contributed by atoms with Crippen molar-refractivity contribution in [3.8, 4) is 0 Å². The highest BCUT2D eigenvalue weighted by Crippen LogP contribution is 2.56. The maximum Gasteiger partial charge on any atom is 0.223 e. The fraction of sp³-hybridized carbons (Fsp3) is 0.490. The molecule has 1 N–H and O–H groups in total. The van der Waals surface area contributed by atoms with Gasteiger partial charge in [0, 0.05) is 43.2 Å². The molecule has 0 spiro atoms. The number of nitrogens with one attached hydrogen (secondary N) is 1. The summed E-state index contributed by atoms with van der Waals surface area (Å²) in [4.78, 5) is 15.2. The highest BCUT2D eigenvalue weighted by molar-refractivity contribution is 5.77. The van der Waals surface area contributed by atoms with Crippen molar-refractivity contribution in [1.82, 2.24) is 10.2 Å². The lowest BCUT2D eigenvalue weighted by atomic mass is 9.77. The molecule has 3 aromatic carbocycles. The predicted molar refractivity (Wildman–Crippen MR) is 232 cm³/mol. The van der Waals surface area contributed by atoms with Gasteiger partial charge < -0.3 is 10.2 Å². The van der Waals surface area contributed by atoms with Gasteiger partial charge in [-0.25, -0.2) is 8.78 Å². The van der Waals surface area contributed by atoms with E-state index in [1.54, 1.807) is 0 Å². The Morgan fingerprint density at radius 1 is 0.778 bits per heavy atom. The Balaban J connectivity index is 0.00000109. The summed E-state index contributed by atoms with van der Waals surface area (Å²) in [5, 5.41) is 3.37. The summed E-state index contributed by atoms with van der Waals surface area (Å²) in [7, 11) is 0. The lowest BCUT2D eigenvalue weighted by Crippen LogP contribution is -2.45. The SMILES string of the molecule is C=C.C=C.C=C(NCC)C1(C)CCN(C(=O)CC2([C@H](C)CCC[C@H](C)c3cc(F)cc(F)c3)CC2)CC1.CC.Cc1ccc(C)cc1.Cc1ccccc1. The van der Waals surface area contributed by atoms with Crippen molar-refractivity contribution in [1.29, 1.82) is 0 Å². The summed E-state index contributed by atoms with van der Waals surface area (Å²) in [5.41, 5.74) is 6.02. The number of carbonyl (C=O) groups excluding carboxylic acids is 1. The molecular weight excluding hydrogens is 671 g/mol. The first-order chi connectivity index (χ1) is 25.8. The third-order valence-corrected chi connectivity index (χ3v) is 10.7. The van der Waals surface area contributed by atoms with Crippen LogP contribution in [0.15, 0.2) is 111 Å². The van der Waals surface area contributed by atoms with Crippen LogP contribution in [0.4, 0.5) is 8.78 Å². The van der Waals surface area contributed by atoms with Gasteiger partial charge in [0.15, 0.2) is 0 Å². The Morgan fingerprint density at radius 3 is 1.65 bits per heavy atom. The molecule has 0 radical (unpaired) electrons. The summed E-state index contributed by atoms with van der Waals surface area (Å²) in [5.74, 6) is -0.103. The van der Waals surface area contributed by atoms with Gasteiger partial charge >= 0.3 is 0 Å². The van der Waals surface area contributed by atoms with Gasteiger partial charge in [-0.3, -0.25) is 4.79 Å². The van der Waals surface area contributed by atoms with Gasteiger partial charge in [-0.15, -0.1) is 26.3 Å². The molecule has 3 nitrogen and oxygen atoms in total. The number of allylic oxidation sites excluding steroid dienone is 1. The maximum absolute atomic E-state index is 13.5. The highest BCUT2D eigenvalue weighted by atomic mass is 19.1. The van der Waals surface area contributed by atoms with E-state index in [0.717, 1.165) is 81.9 Å². The molecule has 1 aliphatic heterocycles. The fourth-order valence-electron chi connectivity index (χ4n) is 6.63. The number of piperidine rings is 1. The van der Waals surface area contributed by atoms with Crippen molar-refractivity contribution in [3.63, 3.8) is 0 Å². The number of carbonyl (C=O) groups is 1. The highest BCUT2D eigenvalue weighted by Gasteiger charge is 2.49. The van der Waals surface area contributed by atoms with Crippen LogP contribution in [-0.2, 0) is 4.79 Å². The van der Waals surface area contributed by atoms with Crippen molar-refractivity contribution in [2.24, 2.45) is 16.7 Å². The minimum Gasteiger partial charge on any atom is -0.389 e. The molecule has 54 heavy (non-hydrogen) atoms.